The Bertz CT molecular complexity index is 470. The summed E-state index contributed by atoms with van der Waals surface area (Å²) in [5, 5.41) is 9.16. The largest absolute Gasteiger partial charge is 0.373 e. The van der Waals surface area contributed by atoms with Crippen molar-refractivity contribution in [3.63, 3.8) is 0 Å². The average molecular weight is 242 g/mol. The van der Waals surface area contributed by atoms with Crippen LogP contribution in [0.5, 0.6) is 0 Å². The molecule has 0 radical (unpaired) electrons. The third-order valence-electron chi connectivity index (χ3n) is 3.70. The number of hydrogen-bond donors (Lipinski definition) is 0. The van der Waals surface area contributed by atoms with Gasteiger partial charge >= 0.3 is 0 Å². The molecule has 1 aliphatic rings. The number of carbonyl (C=O) groups excluding carboxylic acids is 1. The molecule has 0 unspecified atom stereocenters. The Morgan fingerprint density at radius 3 is 2.78 bits per heavy atom. The second-order valence-electron chi connectivity index (χ2n) is 5.04. The maximum absolute atomic E-state index is 10.7. The zero-order valence-electron chi connectivity index (χ0n) is 10.7. The van der Waals surface area contributed by atoms with Crippen LogP contribution in [-0.4, -0.2) is 19.9 Å². The minimum absolute atomic E-state index is 0.560. The van der Waals surface area contributed by atoms with Gasteiger partial charge in [-0.2, -0.15) is 5.26 Å². The van der Waals surface area contributed by atoms with Crippen molar-refractivity contribution in [1.82, 2.24) is 0 Å². The molecule has 0 saturated heterocycles. The first-order valence-electron chi connectivity index (χ1n) is 6.45. The van der Waals surface area contributed by atoms with E-state index in [9.17, 15) is 4.79 Å². The Morgan fingerprint density at radius 1 is 1.44 bits per heavy atom. The maximum atomic E-state index is 10.7. The second kappa shape index (κ2) is 5.68. The Kier molecular flexibility index (Phi) is 3.99. The van der Waals surface area contributed by atoms with Gasteiger partial charge in [-0.1, -0.05) is 12.8 Å². The van der Waals surface area contributed by atoms with Crippen molar-refractivity contribution >= 4 is 12.0 Å². The van der Waals surface area contributed by atoms with Crippen LogP contribution >= 0.6 is 0 Å². The molecule has 18 heavy (non-hydrogen) atoms. The molecule has 1 saturated carbocycles. The molecule has 0 bridgehead atoms. The van der Waals surface area contributed by atoms with Gasteiger partial charge in [-0.3, -0.25) is 4.79 Å². The van der Waals surface area contributed by atoms with Gasteiger partial charge < -0.3 is 4.90 Å². The molecule has 0 aromatic heterocycles. The van der Waals surface area contributed by atoms with Crippen LogP contribution in [0.15, 0.2) is 18.2 Å². The van der Waals surface area contributed by atoms with Crippen LogP contribution < -0.4 is 4.90 Å². The third-order valence-corrected chi connectivity index (χ3v) is 3.70. The fourth-order valence-corrected chi connectivity index (χ4v) is 2.73. The van der Waals surface area contributed by atoms with Crippen molar-refractivity contribution in [2.75, 3.05) is 18.5 Å². The van der Waals surface area contributed by atoms with E-state index in [1.165, 1.54) is 25.7 Å². The second-order valence-corrected chi connectivity index (χ2v) is 5.04. The Labute approximate surface area is 108 Å². The molecule has 1 aromatic carbocycles. The first kappa shape index (κ1) is 12.6. The van der Waals surface area contributed by atoms with Gasteiger partial charge in [0.2, 0.25) is 0 Å². The highest BCUT2D eigenvalue weighted by molar-refractivity contribution is 5.78. The third kappa shape index (κ3) is 2.70. The molecule has 2 rings (SSSR count). The minimum Gasteiger partial charge on any atom is -0.373 e. The van der Waals surface area contributed by atoms with E-state index < -0.39 is 0 Å². The van der Waals surface area contributed by atoms with Gasteiger partial charge in [0.25, 0.3) is 0 Å². The monoisotopic (exact) mass is 242 g/mol. The summed E-state index contributed by atoms with van der Waals surface area (Å²) in [4.78, 5) is 12.9. The molecule has 3 heteroatoms. The van der Waals surface area contributed by atoms with E-state index in [2.05, 4.69) is 11.0 Å². The predicted molar refractivity (Wildman–Crippen MR) is 71.8 cm³/mol. The van der Waals surface area contributed by atoms with Gasteiger partial charge in [0, 0.05) is 19.2 Å². The Balaban J connectivity index is 2.16. The van der Waals surface area contributed by atoms with Crippen LogP contribution in [0.4, 0.5) is 5.69 Å². The lowest BCUT2D eigenvalue weighted by molar-refractivity contribution is 0.112. The maximum Gasteiger partial charge on any atom is 0.150 e. The van der Waals surface area contributed by atoms with Crippen LogP contribution in [0.1, 0.15) is 41.6 Å². The number of benzene rings is 1. The van der Waals surface area contributed by atoms with Crippen molar-refractivity contribution in [3.05, 3.63) is 29.3 Å². The van der Waals surface area contributed by atoms with Crippen LogP contribution in [0.3, 0.4) is 0 Å². The van der Waals surface area contributed by atoms with Crippen molar-refractivity contribution in [2.45, 2.75) is 25.7 Å². The molecular weight excluding hydrogens is 224 g/mol. The van der Waals surface area contributed by atoms with E-state index in [0.29, 0.717) is 11.1 Å². The number of anilines is 1. The molecule has 3 nitrogen and oxygen atoms in total. The first-order chi connectivity index (χ1) is 8.74. The van der Waals surface area contributed by atoms with Crippen LogP contribution in [-0.2, 0) is 0 Å². The van der Waals surface area contributed by atoms with Gasteiger partial charge in [0.05, 0.1) is 11.3 Å². The normalized spacial score (nSPS) is 15.3. The molecule has 0 N–H and O–H groups in total. The lowest BCUT2D eigenvalue weighted by Gasteiger charge is -2.24. The molecule has 1 fully saturated rings. The Morgan fingerprint density at radius 2 is 2.17 bits per heavy atom. The molecule has 1 aliphatic carbocycles. The van der Waals surface area contributed by atoms with Crippen LogP contribution in [0, 0.1) is 17.2 Å². The molecule has 0 amide bonds. The molecular formula is C15H18N2O. The van der Waals surface area contributed by atoms with Gasteiger partial charge in [0.1, 0.15) is 12.4 Å². The van der Waals surface area contributed by atoms with Crippen LogP contribution in [0.2, 0.25) is 0 Å². The summed E-state index contributed by atoms with van der Waals surface area (Å²) in [6, 6.07) is 7.48. The van der Waals surface area contributed by atoms with E-state index in [4.69, 9.17) is 5.26 Å². The topological polar surface area (TPSA) is 44.1 Å². The summed E-state index contributed by atoms with van der Waals surface area (Å²) in [5.41, 5.74) is 2.07. The summed E-state index contributed by atoms with van der Waals surface area (Å²) in [5.74, 6) is 0.743. The highest BCUT2D eigenvalue weighted by atomic mass is 16.1. The molecule has 94 valence electrons. The summed E-state index contributed by atoms with van der Waals surface area (Å²) >= 11 is 0. The fourth-order valence-electron chi connectivity index (χ4n) is 2.73. The summed E-state index contributed by atoms with van der Waals surface area (Å²) in [7, 11) is 2.02. The Hall–Kier alpha value is -1.82. The molecule has 0 spiro atoms. The van der Waals surface area contributed by atoms with Gasteiger partial charge in [0.15, 0.2) is 0 Å². The van der Waals surface area contributed by atoms with E-state index in [-0.39, 0.29) is 0 Å². The minimum atomic E-state index is 0.560. The smallest absolute Gasteiger partial charge is 0.150 e. The number of aldehydes is 1. The fraction of sp³-hybridized carbons (Fsp3) is 0.467. The van der Waals surface area contributed by atoms with Gasteiger partial charge in [-0.25, -0.2) is 0 Å². The lowest BCUT2D eigenvalue weighted by Crippen LogP contribution is -2.24. The number of carbonyl (C=O) groups is 1. The quantitative estimate of drug-likeness (QED) is 0.762. The summed E-state index contributed by atoms with van der Waals surface area (Å²) in [6.07, 6.45) is 6.01. The summed E-state index contributed by atoms with van der Waals surface area (Å²) in [6.45, 7) is 0.995. The van der Waals surface area contributed by atoms with E-state index in [1.54, 1.807) is 12.1 Å². The molecule has 0 heterocycles. The van der Waals surface area contributed by atoms with Crippen LogP contribution in [0.25, 0.3) is 0 Å². The number of rotatable bonds is 4. The number of nitrogens with zero attached hydrogens (tertiary/aromatic N) is 2. The van der Waals surface area contributed by atoms with E-state index in [1.807, 2.05) is 13.1 Å². The van der Waals surface area contributed by atoms with Gasteiger partial charge in [-0.15, -0.1) is 0 Å². The average Bonchev–Trinajstić information content (AvgIpc) is 2.90. The van der Waals surface area contributed by atoms with Crippen molar-refractivity contribution in [3.8, 4) is 6.07 Å². The molecule has 0 aliphatic heterocycles. The SMILES string of the molecule is CN(CC1CCCC1)c1ccc(C=O)cc1C#N. The standard InChI is InChI=1S/C15H18N2O/c1-17(10-12-4-2-3-5-12)15-7-6-13(11-18)8-14(15)9-16/h6-8,11-12H,2-5,10H2,1H3. The number of nitriles is 1. The highest BCUT2D eigenvalue weighted by Gasteiger charge is 2.18. The van der Waals surface area contributed by atoms with E-state index >= 15 is 0 Å². The van der Waals surface area contributed by atoms with Gasteiger partial charge in [-0.05, 0) is 37.0 Å². The predicted octanol–water partition coefficient (Wildman–Crippen LogP) is 3.00. The zero-order valence-corrected chi connectivity index (χ0v) is 10.7. The first-order valence-corrected chi connectivity index (χ1v) is 6.45. The highest BCUT2D eigenvalue weighted by Crippen LogP contribution is 2.28. The molecule has 0 atom stereocenters. The van der Waals surface area contributed by atoms with Crippen molar-refractivity contribution in [1.29, 1.82) is 5.26 Å². The zero-order chi connectivity index (χ0) is 13.0. The summed E-state index contributed by atoms with van der Waals surface area (Å²) < 4.78 is 0. The van der Waals surface area contributed by atoms with Crippen molar-refractivity contribution in [2.24, 2.45) is 5.92 Å². The van der Waals surface area contributed by atoms with Crippen molar-refractivity contribution < 1.29 is 4.79 Å². The number of hydrogen-bond acceptors (Lipinski definition) is 3. The van der Waals surface area contributed by atoms with E-state index in [0.717, 1.165) is 24.4 Å². The molecule has 1 aromatic rings. The lowest BCUT2D eigenvalue weighted by atomic mass is 10.1.